The summed E-state index contributed by atoms with van der Waals surface area (Å²) >= 11 is 0. The van der Waals surface area contributed by atoms with Crippen LogP contribution in [0.4, 0.5) is 5.69 Å². The highest BCUT2D eigenvalue weighted by atomic mass is 16.5. The van der Waals surface area contributed by atoms with Crippen LogP contribution in [0.1, 0.15) is 55.3 Å². The molecule has 1 aliphatic rings. The Bertz CT molecular complexity index is 1120. The van der Waals surface area contributed by atoms with Crippen LogP contribution in [0.3, 0.4) is 0 Å². The number of anilines is 1. The molecule has 3 rings (SSSR count). The van der Waals surface area contributed by atoms with Crippen LogP contribution in [0, 0.1) is 6.92 Å². The van der Waals surface area contributed by atoms with E-state index in [1.165, 1.54) is 10.5 Å². The Hall–Kier alpha value is -3.43. The van der Waals surface area contributed by atoms with E-state index in [1.807, 2.05) is 26.1 Å². The lowest BCUT2D eigenvalue weighted by Crippen LogP contribution is -2.46. The fraction of sp³-hybridized carbons (Fsp3) is 0.531. The van der Waals surface area contributed by atoms with E-state index in [2.05, 4.69) is 57.7 Å². The summed E-state index contributed by atoms with van der Waals surface area (Å²) in [5.74, 6) is 0.667. The number of benzene rings is 2. The van der Waals surface area contributed by atoms with Crippen LogP contribution in [-0.2, 0) is 20.9 Å². The minimum Gasteiger partial charge on any atom is -0.494 e. The maximum absolute atomic E-state index is 12.4. The number of hydrogen-bond acceptors (Lipinski definition) is 7. The van der Waals surface area contributed by atoms with Crippen LogP contribution < -0.4 is 20.3 Å². The molecule has 0 radical (unpaired) electrons. The minimum atomic E-state index is -0.674. The number of aryl methyl sites for hydroxylation is 1. The molecular formula is C32H47N5O4. The Morgan fingerprint density at radius 2 is 1.85 bits per heavy atom. The molecule has 2 aromatic carbocycles. The molecule has 0 aliphatic carbocycles. The van der Waals surface area contributed by atoms with Gasteiger partial charge in [-0.15, -0.1) is 0 Å². The molecule has 0 bridgehead atoms. The number of rotatable bonds is 17. The van der Waals surface area contributed by atoms with Crippen molar-refractivity contribution in [3.63, 3.8) is 0 Å². The van der Waals surface area contributed by atoms with E-state index in [1.54, 1.807) is 7.05 Å². The third-order valence-electron chi connectivity index (χ3n) is 7.99. The molecule has 224 valence electrons. The van der Waals surface area contributed by atoms with Gasteiger partial charge in [0.2, 0.25) is 12.3 Å². The molecule has 1 fully saturated rings. The summed E-state index contributed by atoms with van der Waals surface area (Å²) in [6.45, 7) is 10.1. The number of aldehydes is 1. The largest absolute Gasteiger partial charge is 0.494 e. The van der Waals surface area contributed by atoms with Gasteiger partial charge in [0.15, 0.2) is 0 Å². The van der Waals surface area contributed by atoms with Gasteiger partial charge < -0.3 is 30.0 Å². The number of ether oxygens (including phenoxy) is 1. The molecule has 2 atom stereocenters. The second-order valence-corrected chi connectivity index (χ2v) is 10.7. The molecule has 0 saturated carbocycles. The average Bonchev–Trinajstić information content (AvgIpc) is 3.01. The Morgan fingerprint density at radius 1 is 1.07 bits per heavy atom. The smallest absolute Gasteiger partial charge is 0.242 e. The van der Waals surface area contributed by atoms with Crippen molar-refractivity contribution in [3.05, 3.63) is 59.2 Å². The fourth-order valence-electron chi connectivity index (χ4n) is 5.18. The molecular weight excluding hydrogens is 518 g/mol. The Kier molecular flexibility index (Phi) is 13.1. The number of piperazine rings is 1. The number of carbonyl (C=O) groups excluding carboxylic acids is 3. The number of amides is 2. The first kappa shape index (κ1) is 32.1. The summed E-state index contributed by atoms with van der Waals surface area (Å²) in [7, 11) is 3.51. The number of nitrogens with zero attached hydrogens (tertiary/aromatic N) is 3. The van der Waals surface area contributed by atoms with Gasteiger partial charge in [0.05, 0.1) is 6.61 Å². The standard InChI is InChI=1S/C32H47N5O4/c1-25-12-13-29(21-28(25)23-37(24-39)31(11-8-19-38)32(40)34-4)36-17-15-35(16-18-36)14-5-6-20-41-30-10-7-9-27(22-30)26(2)33-3/h7,9-10,12-13,19,21-22,24,26,31,33H,5-6,8,11,14-18,20,23H2,1-4H3,(H,34,40). The molecule has 2 aromatic rings. The zero-order chi connectivity index (χ0) is 29.6. The van der Waals surface area contributed by atoms with Gasteiger partial charge in [0.1, 0.15) is 18.1 Å². The average molecular weight is 566 g/mol. The number of likely N-dealkylation sites (N-methyl/N-ethyl adjacent to an activating group) is 1. The van der Waals surface area contributed by atoms with Crippen molar-refractivity contribution in [1.82, 2.24) is 20.4 Å². The predicted molar refractivity (Wildman–Crippen MR) is 163 cm³/mol. The van der Waals surface area contributed by atoms with E-state index in [0.717, 1.165) is 81.0 Å². The lowest BCUT2D eigenvalue weighted by atomic mass is 10.0. The highest BCUT2D eigenvalue weighted by Gasteiger charge is 2.25. The molecule has 1 saturated heterocycles. The second-order valence-electron chi connectivity index (χ2n) is 10.7. The maximum Gasteiger partial charge on any atom is 0.242 e. The lowest BCUT2D eigenvalue weighted by Gasteiger charge is -2.36. The minimum absolute atomic E-state index is 0.225. The molecule has 9 heteroatoms. The van der Waals surface area contributed by atoms with Gasteiger partial charge in [0, 0.05) is 57.9 Å². The first-order chi connectivity index (χ1) is 19.9. The van der Waals surface area contributed by atoms with E-state index in [9.17, 15) is 14.4 Å². The Labute approximate surface area is 245 Å². The third-order valence-corrected chi connectivity index (χ3v) is 7.99. The van der Waals surface area contributed by atoms with Crippen molar-refractivity contribution in [3.8, 4) is 5.75 Å². The van der Waals surface area contributed by atoms with Gasteiger partial charge in [0.25, 0.3) is 0 Å². The third kappa shape index (κ3) is 9.57. The van der Waals surface area contributed by atoms with Crippen LogP contribution in [0.2, 0.25) is 0 Å². The van der Waals surface area contributed by atoms with E-state index in [-0.39, 0.29) is 12.3 Å². The summed E-state index contributed by atoms with van der Waals surface area (Å²) in [4.78, 5) is 41.7. The molecule has 0 spiro atoms. The molecule has 2 N–H and O–H groups in total. The first-order valence-corrected chi connectivity index (χ1v) is 14.7. The number of nitrogens with one attached hydrogen (secondary N) is 2. The van der Waals surface area contributed by atoms with Crippen LogP contribution in [-0.4, -0.2) is 87.9 Å². The van der Waals surface area contributed by atoms with E-state index >= 15 is 0 Å². The number of hydrogen-bond donors (Lipinski definition) is 2. The van der Waals surface area contributed by atoms with Gasteiger partial charge in [-0.05, 0) is 87.7 Å². The molecule has 9 nitrogen and oxygen atoms in total. The molecule has 41 heavy (non-hydrogen) atoms. The van der Waals surface area contributed by atoms with Crippen LogP contribution in [0.15, 0.2) is 42.5 Å². The normalized spacial score (nSPS) is 15.2. The van der Waals surface area contributed by atoms with Gasteiger partial charge in [-0.3, -0.25) is 14.5 Å². The van der Waals surface area contributed by atoms with E-state index in [0.29, 0.717) is 25.4 Å². The summed E-state index contributed by atoms with van der Waals surface area (Å²) in [5, 5.41) is 5.88. The molecule has 2 unspecified atom stereocenters. The van der Waals surface area contributed by atoms with Crippen LogP contribution >= 0.6 is 0 Å². The first-order valence-electron chi connectivity index (χ1n) is 14.7. The summed E-state index contributed by atoms with van der Waals surface area (Å²) in [6, 6.07) is 14.3. The van der Waals surface area contributed by atoms with Gasteiger partial charge in [-0.2, -0.15) is 0 Å². The van der Waals surface area contributed by atoms with Crippen molar-refractivity contribution >= 4 is 24.3 Å². The topological polar surface area (TPSA) is 94.2 Å². The van der Waals surface area contributed by atoms with Gasteiger partial charge in [-0.1, -0.05) is 18.2 Å². The fourth-order valence-corrected chi connectivity index (χ4v) is 5.18. The Balaban J connectivity index is 1.47. The highest BCUT2D eigenvalue weighted by molar-refractivity contribution is 5.83. The van der Waals surface area contributed by atoms with Crippen molar-refractivity contribution in [2.45, 2.75) is 58.2 Å². The maximum atomic E-state index is 12.4. The quantitative estimate of drug-likeness (QED) is 0.225. The van der Waals surface area contributed by atoms with Gasteiger partial charge >= 0.3 is 0 Å². The Morgan fingerprint density at radius 3 is 2.54 bits per heavy atom. The van der Waals surface area contributed by atoms with Crippen LogP contribution in [0.5, 0.6) is 5.75 Å². The number of unbranched alkanes of at least 4 members (excludes halogenated alkanes) is 1. The summed E-state index contributed by atoms with van der Waals surface area (Å²) in [5.41, 5.74) is 4.43. The van der Waals surface area contributed by atoms with E-state index in [4.69, 9.17) is 4.74 Å². The van der Waals surface area contributed by atoms with Crippen molar-refractivity contribution in [1.29, 1.82) is 0 Å². The summed E-state index contributed by atoms with van der Waals surface area (Å²) < 4.78 is 6.00. The molecule has 2 amide bonds. The molecule has 1 heterocycles. The number of carbonyl (C=O) groups is 3. The molecule has 0 aromatic heterocycles. The van der Waals surface area contributed by atoms with Crippen molar-refractivity contribution in [2.75, 3.05) is 58.3 Å². The lowest BCUT2D eigenvalue weighted by molar-refractivity contribution is -0.133. The monoisotopic (exact) mass is 565 g/mol. The predicted octanol–water partition coefficient (Wildman–Crippen LogP) is 3.31. The highest BCUT2D eigenvalue weighted by Crippen LogP contribution is 2.23. The zero-order valence-corrected chi connectivity index (χ0v) is 25.1. The van der Waals surface area contributed by atoms with Gasteiger partial charge in [-0.25, -0.2) is 0 Å². The molecule has 1 aliphatic heterocycles. The van der Waals surface area contributed by atoms with Crippen LogP contribution in [0.25, 0.3) is 0 Å². The van der Waals surface area contributed by atoms with Crippen molar-refractivity contribution in [2.24, 2.45) is 0 Å². The van der Waals surface area contributed by atoms with E-state index < -0.39 is 6.04 Å². The second kappa shape index (κ2) is 16.7. The summed E-state index contributed by atoms with van der Waals surface area (Å²) in [6.07, 6.45) is 4.14. The van der Waals surface area contributed by atoms with Crippen molar-refractivity contribution < 1.29 is 19.1 Å². The zero-order valence-electron chi connectivity index (χ0n) is 25.1. The SMILES string of the molecule is CNC(=O)C(CCC=O)N(C=O)Cc1cc(N2CCN(CCCCOc3cccc(C(C)NC)c3)CC2)ccc1C.